The van der Waals surface area contributed by atoms with Crippen LogP contribution < -0.4 is 0 Å². The number of aryl methyl sites for hydroxylation is 1. The third kappa shape index (κ3) is 4.32. The van der Waals surface area contributed by atoms with E-state index >= 15 is 0 Å². The number of hydrogen-bond acceptors (Lipinski definition) is 3. The molecule has 1 aromatic carbocycles. The van der Waals surface area contributed by atoms with Gasteiger partial charge in [-0.2, -0.15) is 0 Å². The number of hydrogen-bond donors (Lipinski definition) is 0. The minimum Gasteiger partial charge on any atom is -0.459 e. The minimum absolute atomic E-state index is 0.0862. The molecule has 0 bridgehead atoms. The van der Waals surface area contributed by atoms with Crippen LogP contribution in [0.2, 0.25) is 0 Å². The smallest absolute Gasteiger partial charge is 0.289 e. The highest BCUT2D eigenvalue weighted by molar-refractivity contribution is 5.91. The number of benzene rings is 1. The van der Waals surface area contributed by atoms with E-state index in [-0.39, 0.29) is 5.91 Å². The lowest BCUT2D eigenvalue weighted by molar-refractivity contribution is 0.0709. The second-order valence-corrected chi connectivity index (χ2v) is 5.65. The van der Waals surface area contributed by atoms with Crippen LogP contribution in [-0.4, -0.2) is 22.3 Å². The molecular weight excluding hydrogens is 300 g/mol. The quantitative estimate of drug-likeness (QED) is 0.662. The van der Waals surface area contributed by atoms with Crippen LogP contribution in [0.1, 0.15) is 28.1 Å². The summed E-state index contributed by atoms with van der Waals surface area (Å²) in [5, 5.41) is 0. The molecule has 4 nitrogen and oxygen atoms in total. The second kappa shape index (κ2) is 8.11. The molecule has 3 aromatic rings. The molecular formula is C20H20N2O2. The summed E-state index contributed by atoms with van der Waals surface area (Å²) in [4.78, 5) is 18.6. The summed E-state index contributed by atoms with van der Waals surface area (Å²) in [7, 11) is 0. The maximum atomic E-state index is 12.7. The van der Waals surface area contributed by atoms with Crippen LogP contribution in [0.4, 0.5) is 0 Å². The number of carbonyl (C=O) groups excluding carboxylic acids is 1. The van der Waals surface area contributed by atoms with Crippen LogP contribution in [0.3, 0.4) is 0 Å². The van der Waals surface area contributed by atoms with E-state index in [0.29, 0.717) is 18.8 Å². The van der Waals surface area contributed by atoms with Gasteiger partial charge in [0.25, 0.3) is 5.91 Å². The van der Waals surface area contributed by atoms with Gasteiger partial charge < -0.3 is 9.32 Å². The monoisotopic (exact) mass is 320 g/mol. The van der Waals surface area contributed by atoms with Gasteiger partial charge in [-0.1, -0.05) is 36.4 Å². The fraction of sp³-hybridized carbons (Fsp3) is 0.200. The predicted octanol–water partition coefficient (Wildman–Crippen LogP) is 3.95. The summed E-state index contributed by atoms with van der Waals surface area (Å²) >= 11 is 0. The van der Waals surface area contributed by atoms with Gasteiger partial charge >= 0.3 is 0 Å². The van der Waals surface area contributed by atoms with Crippen molar-refractivity contribution in [2.24, 2.45) is 0 Å². The van der Waals surface area contributed by atoms with E-state index in [1.54, 1.807) is 24.5 Å². The first-order valence-electron chi connectivity index (χ1n) is 8.08. The van der Waals surface area contributed by atoms with E-state index in [0.717, 1.165) is 18.4 Å². The molecule has 0 radical (unpaired) electrons. The van der Waals surface area contributed by atoms with Crippen LogP contribution in [0.15, 0.2) is 77.7 Å². The molecule has 24 heavy (non-hydrogen) atoms. The van der Waals surface area contributed by atoms with Crippen molar-refractivity contribution >= 4 is 5.91 Å². The molecule has 0 atom stereocenters. The fourth-order valence-corrected chi connectivity index (χ4v) is 2.64. The molecule has 0 fully saturated rings. The van der Waals surface area contributed by atoms with Crippen LogP contribution in [0.5, 0.6) is 0 Å². The Labute approximate surface area is 141 Å². The molecule has 0 unspecified atom stereocenters. The van der Waals surface area contributed by atoms with Crippen molar-refractivity contribution in [2.45, 2.75) is 19.4 Å². The molecule has 1 amide bonds. The number of carbonyl (C=O) groups is 1. The molecule has 0 N–H and O–H groups in total. The van der Waals surface area contributed by atoms with Crippen molar-refractivity contribution in [1.82, 2.24) is 9.88 Å². The number of rotatable bonds is 7. The van der Waals surface area contributed by atoms with Crippen LogP contribution >= 0.6 is 0 Å². The van der Waals surface area contributed by atoms with Gasteiger partial charge in [0.1, 0.15) is 0 Å². The average Bonchev–Trinajstić information content (AvgIpc) is 3.17. The molecule has 0 aliphatic carbocycles. The zero-order chi connectivity index (χ0) is 16.6. The number of nitrogens with zero attached hydrogens (tertiary/aromatic N) is 2. The van der Waals surface area contributed by atoms with E-state index in [1.807, 2.05) is 35.2 Å². The van der Waals surface area contributed by atoms with Crippen LogP contribution in [0.25, 0.3) is 0 Å². The minimum atomic E-state index is -0.0862. The van der Waals surface area contributed by atoms with Crippen molar-refractivity contribution in [2.75, 3.05) is 6.54 Å². The molecule has 0 saturated carbocycles. The lowest BCUT2D eigenvalue weighted by Crippen LogP contribution is -2.31. The van der Waals surface area contributed by atoms with Gasteiger partial charge in [0.05, 0.1) is 6.26 Å². The predicted molar refractivity (Wildman–Crippen MR) is 92.4 cm³/mol. The zero-order valence-electron chi connectivity index (χ0n) is 13.5. The number of aromatic nitrogens is 1. The van der Waals surface area contributed by atoms with Gasteiger partial charge in [-0.05, 0) is 42.2 Å². The van der Waals surface area contributed by atoms with Crippen LogP contribution in [-0.2, 0) is 13.0 Å². The normalized spacial score (nSPS) is 10.5. The first-order chi connectivity index (χ1) is 11.8. The van der Waals surface area contributed by atoms with E-state index in [2.05, 4.69) is 17.1 Å². The Hall–Kier alpha value is -2.88. The Morgan fingerprint density at radius 3 is 2.54 bits per heavy atom. The van der Waals surface area contributed by atoms with E-state index in [9.17, 15) is 4.79 Å². The summed E-state index contributed by atoms with van der Waals surface area (Å²) in [6.07, 6.45) is 6.89. The number of furan rings is 1. The Bertz CT molecular complexity index is 740. The van der Waals surface area contributed by atoms with E-state index < -0.39 is 0 Å². The standard InChI is InChI=1S/C20H20N2O2/c23-20(19-11-6-14-24-19)22(16-18-9-4-12-21-15-18)13-5-10-17-7-2-1-3-8-17/h1-4,6-9,11-12,14-15H,5,10,13,16H2. The van der Waals surface area contributed by atoms with Crippen LogP contribution in [0, 0.1) is 0 Å². The highest BCUT2D eigenvalue weighted by Crippen LogP contribution is 2.12. The largest absolute Gasteiger partial charge is 0.459 e. The van der Waals surface area contributed by atoms with Gasteiger partial charge in [-0.25, -0.2) is 0 Å². The fourth-order valence-electron chi connectivity index (χ4n) is 2.64. The van der Waals surface area contributed by atoms with Gasteiger partial charge in [0, 0.05) is 25.5 Å². The molecule has 2 heterocycles. The van der Waals surface area contributed by atoms with Crippen molar-refractivity contribution in [3.05, 3.63) is 90.1 Å². The zero-order valence-corrected chi connectivity index (χ0v) is 13.5. The summed E-state index contributed by atoms with van der Waals surface area (Å²) in [6, 6.07) is 17.6. The first-order valence-corrected chi connectivity index (χ1v) is 8.08. The molecule has 2 aromatic heterocycles. The molecule has 0 spiro atoms. The van der Waals surface area contributed by atoms with E-state index in [4.69, 9.17) is 4.42 Å². The Balaban J connectivity index is 1.66. The van der Waals surface area contributed by atoms with Gasteiger partial charge in [-0.15, -0.1) is 0 Å². The van der Waals surface area contributed by atoms with Crippen molar-refractivity contribution < 1.29 is 9.21 Å². The molecule has 3 rings (SSSR count). The summed E-state index contributed by atoms with van der Waals surface area (Å²) < 4.78 is 5.27. The molecule has 4 heteroatoms. The highest BCUT2D eigenvalue weighted by atomic mass is 16.3. The first kappa shape index (κ1) is 16.0. The van der Waals surface area contributed by atoms with Gasteiger partial charge in [-0.3, -0.25) is 9.78 Å². The Morgan fingerprint density at radius 2 is 1.83 bits per heavy atom. The van der Waals surface area contributed by atoms with Crippen molar-refractivity contribution in [1.29, 1.82) is 0 Å². The summed E-state index contributed by atoms with van der Waals surface area (Å²) in [5.74, 6) is 0.288. The molecule has 122 valence electrons. The summed E-state index contributed by atoms with van der Waals surface area (Å²) in [6.45, 7) is 1.20. The molecule has 0 aliphatic rings. The lowest BCUT2D eigenvalue weighted by Gasteiger charge is -2.21. The SMILES string of the molecule is O=C(c1ccco1)N(CCCc1ccccc1)Cc1cccnc1. The third-order valence-corrected chi connectivity index (χ3v) is 3.85. The lowest BCUT2D eigenvalue weighted by atomic mass is 10.1. The third-order valence-electron chi connectivity index (χ3n) is 3.85. The van der Waals surface area contributed by atoms with Crippen molar-refractivity contribution in [3.8, 4) is 0 Å². The number of pyridine rings is 1. The molecule has 0 aliphatic heterocycles. The second-order valence-electron chi connectivity index (χ2n) is 5.65. The van der Waals surface area contributed by atoms with E-state index in [1.165, 1.54) is 11.8 Å². The maximum absolute atomic E-state index is 12.7. The number of amides is 1. The Morgan fingerprint density at radius 1 is 1.00 bits per heavy atom. The Kier molecular flexibility index (Phi) is 5.40. The average molecular weight is 320 g/mol. The van der Waals surface area contributed by atoms with Crippen molar-refractivity contribution in [3.63, 3.8) is 0 Å². The maximum Gasteiger partial charge on any atom is 0.289 e. The topological polar surface area (TPSA) is 46.3 Å². The highest BCUT2D eigenvalue weighted by Gasteiger charge is 2.18. The summed E-state index contributed by atoms with van der Waals surface area (Å²) in [5.41, 5.74) is 2.29. The van der Waals surface area contributed by atoms with Gasteiger partial charge in [0.2, 0.25) is 0 Å². The van der Waals surface area contributed by atoms with Gasteiger partial charge in [0.15, 0.2) is 5.76 Å². The molecule has 0 saturated heterocycles.